The Morgan fingerprint density at radius 1 is 1.43 bits per heavy atom. The number of rotatable bonds is 6. The largest absolute Gasteiger partial charge is 0.334 e. The second kappa shape index (κ2) is 5.81. The van der Waals surface area contributed by atoms with E-state index in [9.17, 15) is 0 Å². The monoisotopic (exact) mass is 195 g/mol. The maximum Gasteiger partial charge on any atom is 0.125 e. The van der Waals surface area contributed by atoms with Crippen LogP contribution >= 0.6 is 0 Å². The molecule has 0 spiro atoms. The van der Waals surface area contributed by atoms with E-state index in [0.29, 0.717) is 6.04 Å². The third kappa shape index (κ3) is 2.58. The summed E-state index contributed by atoms with van der Waals surface area (Å²) in [7, 11) is 0. The van der Waals surface area contributed by atoms with Crippen LogP contribution in [0.4, 0.5) is 0 Å². The standard InChI is InChI=1S/C11H21N3/c1-4-7-12-10(5-2)11-13-8-9-14(11)6-3/h8-10,12H,4-7H2,1-3H3. The summed E-state index contributed by atoms with van der Waals surface area (Å²) < 4.78 is 2.21. The second-order valence-corrected chi connectivity index (χ2v) is 3.49. The summed E-state index contributed by atoms with van der Waals surface area (Å²) in [4.78, 5) is 4.41. The van der Waals surface area contributed by atoms with Crippen molar-refractivity contribution < 1.29 is 0 Å². The number of hydrogen-bond donors (Lipinski definition) is 1. The molecule has 14 heavy (non-hydrogen) atoms. The van der Waals surface area contributed by atoms with Gasteiger partial charge in [0.25, 0.3) is 0 Å². The lowest BCUT2D eigenvalue weighted by molar-refractivity contribution is 0.473. The molecule has 3 heteroatoms. The van der Waals surface area contributed by atoms with Crippen LogP contribution in [0.2, 0.25) is 0 Å². The first-order valence-electron chi connectivity index (χ1n) is 5.57. The molecule has 0 aliphatic carbocycles. The first kappa shape index (κ1) is 11.2. The minimum absolute atomic E-state index is 0.407. The Labute approximate surface area is 86.5 Å². The van der Waals surface area contributed by atoms with E-state index >= 15 is 0 Å². The van der Waals surface area contributed by atoms with Gasteiger partial charge in [-0.05, 0) is 26.3 Å². The fraction of sp³-hybridized carbons (Fsp3) is 0.727. The number of aryl methyl sites for hydroxylation is 1. The summed E-state index contributed by atoms with van der Waals surface area (Å²) in [5.74, 6) is 1.17. The predicted molar refractivity (Wildman–Crippen MR) is 59.2 cm³/mol. The zero-order chi connectivity index (χ0) is 10.4. The average Bonchev–Trinajstić information content (AvgIpc) is 2.67. The summed E-state index contributed by atoms with van der Waals surface area (Å²) in [6.45, 7) is 8.60. The minimum Gasteiger partial charge on any atom is -0.334 e. The lowest BCUT2D eigenvalue weighted by Gasteiger charge is -2.17. The smallest absolute Gasteiger partial charge is 0.125 e. The lowest BCUT2D eigenvalue weighted by Crippen LogP contribution is -2.24. The van der Waals surface area contributed by atoms with Crippen molar-refractivity contribution in [3.8, 4) is 0 Å². The first-order valence-corrected chi connectivity index (χ1v) is 5.57. The number of imidazole rings is 1. The molecule has 1 aromatic rings. The van der Waals surface area contributed by atoms with Crippen molar-refractivity contribution in [2.75, 3.05) is 6.54 Å². The molecule has 0 aliphatic heterocycles. The van der Waals surface area contributed by atoms with Crippen molar-refractivity contribution in [2.24, 2.45) is 0 Å². The van der Waals surface area contributed by atoms with Gasteiger partial charge in [-0.15, -0.1) is 0 Å². The summed E-state index contributed by atoms with van der Waals surface area (Å²) in [5.41, 5.74) is 0. The van der Waals surface area contributed by atoms with Gasteiger partial charge in [-0.2, -0.15) is 0 Å². The van der Waals surface area contributed by atoms with Crippen LogP contribution in [0.3, 0.4) is 0 Å². The van der Waals surface area contributed by atoms with Crippen LogP contribution in [-0.4, -0.2) is 16.1 Å². The molecule has 1 unspecified atom stereocenters. The van der Waals surface area contributed by atoms with Crippen LogP contribution in [0.15, 0.2) is 12.4 Å². The van der Waals surface area contributed by atoms with Crippen molar-refractivity contribution >= 4 is 0 Å². The van der Waals surface area contributed by atoms with Gasteiger partial charge in [0.05, 0.1) is 6.04 Å². The van der Waals surface area contributed by atoms with Crippen molar-refractivity contribution in [1.29, 1.82) is 0 Å². The molecule has 0 amide bonds. The van der Waals surface area contributed by atoms with Gasteiger partial charge in [0.15, 0.2) is 0 Å². The Bertz CT molecular complexity index is 255. The topological polar surface area (TPSA) is 29.9 Å². The Balaban J connectivity index is 2.67. The quantitative estimate of drug-likeness (QED) is 0.755. The van der Waals surface area contributed by atoms with Crippen LogP contribution in [0.5, 0.6) is 0 Å². The lowest BCUT2D eigenvalue weighted by atomic mass is 10.2. The molecule has 0 bridgehead atoms. The van der Waals surface area contributed by atoms with Crippen LogP contribution in [0, 0.1) is 0 Å². The Morgan fingerprint density at radius 3 is 2.79 bits per heavy atom. The number of nitrogens with zero attached hydrogens (tertiary/aromatic N) is 2. The summed E-state index contributed by atoms with van der Waals surface area (Å²) in [6, 6.07) is 0.407. The molecular formula is C11H21N3. The van der Waals surface area contributed by atoms with Gasteiger partial charge >= 0.3 is 0 Å². The first-order chi connectivity index (χ1) is 6.83. The van der Waals surface area contributed by atoms with Crippen LogP contribution < -0.4 is 5.32 Å². The molecule has 1 N–H and O–H groups in total. The van der Waals surface area contributed by atoms with Crippen molar-refractivity contribution in [1.82, 2.24) is 14.9 Å². The van der Waals surface area contributed by atoms with Gasteiger partial charge in [-0.1, -0.05) is 13.8 Å². The Kier molecular flexibility index (Phi) is 4.66. The fourth-order valence-corrected chi connectivity index (χ4v) is 1.64. The van der Waals surface area contributed by atoms with E-state index in [1.165, 1.54) is 12.2 Å². The zero-order valence-electron chi connectivity index (χ0n) is 9.45. The summed E-state index contributed by atoms with van der Waals surface area (Å²) >= 11 is 0. The number of hydrogen-bond acceptors (Lipinski definition) is 2. The van der Waals surface area contributed by atoms with E-state index in [1.54, 1.807) is 0 Å². The fourth-order valence-electron chi connectivity index (χ4n) is 1.64. The molecule has 1 heterocycles. The van der Waals surface area contributed by atoms with Crippen LogP contribution in [0.1, 0.15) is 45.5 Å². The van der Waals surface area contributed by atoms with Gasteiger partial charge < -0.3 is 9.88 Å². The minimum atomic E-state index is 0.407. The van der Waals surface area contributed by atoms with Crippen LogP contribution in [0.25, 0.3) is 0 Å². The highest BCUT2D eigenvalue weighted by atomic mass is 15.1. The molecular weight excluding hydrogens is 174 g/mol. The summed E-state index contributed by atoms with van der Waals surface area (Å²) in [5, 5.41) is 3.51. The average molecular weight is 195 g/mol. The second-order valence-electron chi connectivity index (χ2n) is 3.49. The highest BCUT2D eigenvalue weighted by molar-refractivity contribution is 4.99. The molecule has 1 rings (SSSR count). The SMILES string of the molecule is CCCNC(CC)c1nccn1CC. The highest BCUT2D eigenvalue weighted by Gasteiger charge is 2.12. The van der Waals surface area contributed by atoms with E-state index in [1.807, 2.05) is 12.4 Å². The Hall–Kier alpha value is -0.830. The molecule has 0 aliphatic rings. The number of nitrogens with one attached hydrogen (secondary N) is 1. The van der Waals surface area contributed by atoms with Crippen molar-refractivity contribution in [3.63, 3.8) is 0 Å². The third-order valence-corrected chi connectivity index (χ3v) is 2.45. The molecule has 80 valence electrons. The van der Waals surface area contributed by atoms with Gasteiger partial charge in [-0.25, -0.2) is 4.98 Å². The molecule has 3 nitrogen and oxygen atoms in total. The highest BCUT2D eigenvalue weighted by Crippen LogP contribution is 2.14. The van der Waals surface area contributed by atoms with E-state index in [4.69, 9.17) is 0 Å². The maximum absolute atomic E-state index is 4.41. The summed E-state index contributed by atoms with van der Waals surface area (Å²) in [6.07, 6.45) is 6.20. The third-order valence-electron chi connectivity index (χ3n) is 2.45. The van der Waals surface area contributed by atoms with E-state index < -0.39 is 0 Å². The molecule has 1 atom stereocenters. The van der Waals surface area contributed by atoms with Gasteiger partial charge in [-0.3, -0.25) is 0 Å². The number of aromatic nitrogens is 2. The van der Waals surface area contributed by atoms with Crippen molar-refractivity contribution in [2.45, 2.75) is 46.2 Å². The molecule has 0 fully saturated rings. The van der Waals surface area contributed by atoms with Gasteiger partial charge in [0, 0.05) is 18.9 Å². The van der Waals surface area contributed by atoms with E-state index in [-0.39, 0.29) is 0 Å². The molecule has 0 saturated heterocycles. The Morgan fingerprint density at radius 2 is 2.21 bits per heavy atom. The molecule has 0 aromatic carbocycles. The maximum atomic E-state index is 4.41. The van der Waals surface area contributed by atoms with E-state index in [2.05, 4.69) is 35.6 Å². The van der Waals surface area contributed by atoms with E-state index in [0.717, 1.165) is 19.5 Å². The van der Waals surface area contributed by atoms with Gasteiger partial charge in [0.1, 0.15) is 5.82 Å². The molecule has 0 saturated carbocycles. The van der Waals surface area contributed by atoms with Gasteiger partial charge in [0.2, 0.25) is 0 Å². The molecule has 0 radical (unpaired) electrons. The molecule has 1 aromatic heterocycles. The normalized spacial score (nSPS) is 13.1. The zero-order valence-corrected chi connectivity index (χ0v) is 9.45. The van der Waals surface area contributed by atoms with Crippen LogP contribution in [-0.2, 0) is 6.54 Å². The predicted octanol–water partition coefficient (Wildman–Crippen LogP) is 2.35. The van der Waals surface area contributed by atoms with Crippen molar-refractivity contribution in [3.05, 3.63) is 18.2 Å².